The van der Waals surface area contributed by atoms with E-state index >= 15 is 0 Å². The van der Waals surface area contributed by atoms with Crippen LogP contribution in [0.1, 0.15) is 0 Å². The van der Waals surface area contributed by atoms with E-state index in [0.29, 0.717) is 0 Å². The maximum Gasteiger partial charge on any atom is 0.397 e. The van der Waals surface area contributed by atoms with Crippen LogP contribution in [-0.4, -0.2) is 92.9 Å². The van der Waals surface area contributed by atoms with Crippen LogP contribution in [0.25, 0.3) is 0 Å². The van der Waals surface area contributed by atoms with Crippen molar-refractivity contribution >= 4 is 21.3 Å². The highest BCUT2D eigenvalue weighted by atomic mass is 32.3. The van der Waals surface area contributed by atoms with E-state index in [1.165, 1.54) is 0 Å². The molecular weight excluding hydrogens is 316 g/mol. The lowest BCUT2D eigenvalue weighted by molar-refractivity contribution is 0.0112. The Bertz CT molecular complexity index is 400. The Balaban J connectivity index is 2.66. The van der Waals surface area contributed by atoms with Crippen molar-refractivity contribution in [3.05, 3.63) is 0 Å². The first-order valence-electron chi connectivity index (χ1n) is 5.77. The first-order valence-corrected chi connectivity index (χ1v) is 8.76. The molecule has 1 unspecified atom stereocenters. The van der Waals surface area contributed by atoms with Crippen LogP contribution < -0.4 is 0 Å². The number of rotatable bonds is 7. The topological polar surface area (TPSA) is 165 Å². The van der Waals surface area contributed by atoms with E-state index in [1.807, 2.05) is 0 Å². The number of hydrogen-bond acceptors (Lipinski definition) is 8. The fourth-order valence-electron chi connectivity index (χ4n) is 1.99. The van der Waals surface area contributed by atoms with E-state index in [0.717, 1.165) is 0 Å². The molecule has 0 aromatic heterocycles. The van der Waals surface area contributed by atoms with Crippen LogP contribution in [-0.2, 0) is 25.5 Å². The molecule has 1 heterocycles. The van der Waals surface area contributed by atoms with Crippen molar-refractivity contribution in [2.24, 2.45) is 0 Å². The Labute approximate surface area is 119 Å². The molecule has 6 atom stereocenters. The largest absolute Gasteiger partial charge is 0.397 e. The molecule has 0 spiro atoms. The molecule has 9 nitrogen and oxygen atoms in total. The Morgan fingerprint density at radius 3 is 2.35 bits per heavy atom. The predicted molar refractivity (Wildman–Crippen MR) is 69.5 cm³/mol. The van der Waals surface area contributed by atoms with Gasteiger partial charge in [0.15, 0.2) is 5.25 Å². The maximum absolute atomic E-state index is 10.6. The SMILES string of the molecule is O=S(=O)(O)O[C@H](CO)[C@@H](O)C[S+]1C[C@@H](O)[C@H](O)[C@H]1CO. The van der Waals surface area contributed by atoms with Crippen LogP contribution in [0.5, 0.6) is 0 Å². The third-order valence-corrected chi connectivity index (χ3v) is 6.32. The summed E-state index contributed by atoms with van der Waals surface area (Å²) in [4.78, 5) is 0. The molecule has 0 aromatic carbocycles. The first-order chi connectivity index (χ1) is 9.19. The molecule has 0 amide bonds. The Hall–Kier alpha value is 0.0200. The van der Waals surface area contributed by atoms with Gasteiger partial charge in [0.05, 0.1) is 13.2 Å². The van der Waals surface area contributed by atoms with E-state index in [1.54, 1.807) is 0 Å². The molecule has 0 aromatic rings. The van der Waals surface area contributed by atoms with Crippen molar-refractivity contribution in [1.29, 1.82) is 0 Å². The molecule has 0 saturated carbocycles. The van der Waals surface area contributed by atoms with Gasteiger partial charge < -0.3 is 25.5 Å². The molecule has 1 aliphatic heterocycles. The maximum atomic E-state index is 10.6. The van der Waals surface area contributed by atoms with E-state index in [-0.39, 0.29) is 11.5 Å². The zero-order chi connectivity index (χ0) is 15.5. The standard InChI is InChI=1S/C9H18O9S2/c10-1-7(18-20(15,16)17)5(12)3-19-4-6(13)9(14)8(19)2-11/h5-14H,1-4H2/p+1/t5-,6+,7+,8+,9-,19?/m0/s1. The molecule has 1 saturated heterocycles. The smallest absolute Gasteiger partial charge is 0.394 e. The molecule has 11 heteroatoms. The fourth-order valence-corrected chi connectivity index (χ4v) is 5.20. The fraction of sp³-hybridized carbons (Fsp3) is 1.00. The van der Waals surface area contributed by atoms with Gasteiger partial charge in [0.25, 0.3) is 0 Å². The Morgan fingerprint density at radius 2 is 1.90 bits per heavy atom. The number of aliphatic hydroxyl groups excluding tert-OH is 5. The minimum Gasteiger partial charge on any atom is -0.394 e. The van der Waals surface area contributed by atoms with E-state index in [4.69, 9.17) is 14.8 Å². The summed E-state index contributed by atoms with van der Waals surface area (Å²) in [5.74, 6) is 0.0631. The molecule has 0 bridgehead atoms. The van der Waals surface area contributed by atoms with Crippen LogP contribution >= 0.6 is 0 Å². The van der Waals surface area contributed by atoms with E-state index < -0.39 is 64.2 Å². The summed E-state index contributed by atoms with van der Waals surface area (Å²) in [6.45, 7) is -1.23. The third kappa shape index (κ3) is 4.79. The van der Waals surface area contributed by atoms with Gasteiger partial charge in [-0.05, 0) is 0 Å². The molecule has 0 radical (unpaired) electrons. The minimum absolute atomic E-state index is 0.0832. The van der Waals surface area contributed by atoms with Gasteiger partial charge >= 0.3 is 10.4 Å². The molecular formula is C9H19O9S2+. The Morgan fingerprint density at radius 1 is 1.30 bits per heavy atom. The van der Waals surface area contributed by atoms with Crippen molar-refractivity contribution in [1.82, 2.24) is 0 Å². The van der Waals surface area contributed by atoms with Crippen molar-refractivity contribution in [3.8, 4) is 0 Å². The zero-order valence-corrected chi connectivity index (χ0v) is 12.1. The number of hydrogen-bond donors (Lipinski definition) is 6. The normalized spacial score (nSPS) is 34.1. The third-order valence-electron chi connectivity index (χ3n) is 3.01. The quantitative estimate of drug-likeness (QED) is 0.202. The molecule has 1 fully saturated rings. The van der Waals surface area contributed by atoms with Gasteiger partial charge in [-0.2, -0.15) is 8.42 Å². The van der Waals surface area contributed by atoms with Crippen LogP contribution in [0, 0.1) is 0 Å². The van der Waals surface area contributed by atoms with Crippen LogP contribution in [0.2, 0.25) is 0 Å². The summed E-state index contributed by atoms with van der Waals surface area (Å²) < 4.78 is 33.8. The highest BCUT2D eigenvalue weighted by Crippen LogP contribution is 2.25. The number of aliphatic hydroxyl groups is 5. The van der Waals surface area contributed by atoms with Crippen molar-refractivity contribution in [2.75, 3.05) is 24.7 Å². The summed E-state index contributed by atoms with van der Waals surface area (Å²) in [7, 11) is -5.59. The van der Waals surface area contributed by atoms with Gasteiger partial charge in [-0.15, -0.1) is 0 Å². The second-order valence-electron chi connectivity index (χ2n) is 4.46. The van der Waals surface area contributed by atoms with Crippen molar-refractivity contribution in [2.45, 2.75) is 29.7 Å². The van der Waals surface area contributed by atoms with Crippen molar-refractivity contribution < 1.29 is 42.7 Å². The molecule has 6 N–H and O–H groups in total. The van der Waals surface area contributed by atoms with Gasteiger partial charge in [0.1, 0.15) is 35.9 Å². The molecule has 0 aliphatic carbocycles. The van der Waals surface area contributed by atoms with Crippen LogP contribution in [0.3, 0.4) is 0 Å². The summed E-state index contributed by atoms with van der Waals surface area (Å²) in [6, 6.07) is 0. The lowest BCUT2D eigenvalue weighted by Crippen LogP contribution is -2.42. The average molecular weight is 335 g/mol. The predicted octanol–water partition coefficient (Wildman–Crippen LogP) is -3.76. The average Bonchev–Trinajstić information content (AvgIpc) is 2.60. The molecule has 1 rings (SSSR count). The minimum atomic E-state index is -4.82. The zero-order valence-electron chi connectivity index (χ0n) is 10.4. The molecule has 20 heavy (non-hydrogen) atoms. The summed E-state index contributed by atoms with van der Waals surface area (Å²) in [5.41, 5.74) is 0. The van der Waals surface area contributed by atoms with Gasteiger partial charge in [0.2, 0.25) is 0 Å². The lowest BCUT2D eigenvalue weighted by atomic mass is 10.2. The van der Waals surface area contributed by atoms with E-state index in [2.05, 4.69) is 4.18 Å². The summed E-state index contributed by atoms with van der Waals surface area (Å²) in [6.07, 6.45) is -5.13. The monoisotopic (exact) mass is 335 g/mol. The van der Waals surface area contributed by atoms with Gasteiger partial charge in [0, 0.05) is 10.9 Å². The second-order valence-corrected chi connectivity index (χ2v) is 7.86. The molecule has 120 valence electrons. The summed E-state index contributed by atoms with van der Waals surface area (Å²) in [5, 5.41) is 46.4. The van der Waals surface area contributed by atoms with Crippen LogP contribution in [0.15, 0.2) is 0 Å². The first kappa shape index (κ1) is 18.1. The van der Waals surface area contributed by atoms with Gasteiger partial charge in [-0.1, -0.05) is 0 Å². The second kappa shape index (κ2) is 7.33. The lowest BCUT2D eigenvalue weighted by Gasteiger charge is -2.20. The van der Waals surface area contributed by atoms with Crippen molar-refractivity contribution in [3.63, 3.8) is 0 Å². The van der Waals surface area contributed by atoms with Crippen LogP contribution in [0.4, 0.5) is 0 Å². The van der Waals surface area contributed by atoms with Gasteiger partial charge in [-0.25, -0.2) is 4.18 Å². The summed E-state index contributed by atoms with van der Waals surface area (Å²) >= 11 is 0. The van der Waals surface area contributed by atoms with E-state index in [9.17, 15) is 23.7 Å². The molecule has 1 aliphatic rings. The Kier molecular flexibility index (Phi) is 6.63. The highest BCUT2D eigenvalue weighted by Gasteiger charge is 2.50. The van der Waals surface area contributed by atoms with Gasteiger partial charge in [-0.3, -0.25) is 4.55 Å². The highest BCUT2D eigenvalue weighted by molar-refractivity contribution is 7.97.